The van der Waals surface area contributed by atoms with E-state index in [2.05, 4.69) is 172 Å². The number of anilines is 3. The molecule has 0 amide bonds. The van der Waals surface area contributed by atoms with Crippen LogP contribution in [0.5, 0.6) is 0 Å². The van der Waals surface area contributed by atoms with Crippen molar-refractivity contribution in [3.8, 4) is 27.9 Å². The van der Waals surface area contributed by atoms with E-state index in [4.69, 9.17) is 4.42 Å². The first-order chi connectivity index (χ1) is 25.3. The van der Waals surface area contributed by atoms with Crippen molar-refractivity contribution in [1.29, 1.82) is 0 Å². The van der Waals surface area contributed by atoms with E-state index in [-0.39, 0.29) is 0 Å². The third kappa shape index (κ3) is 4.88. The van der Waals surface area contributed by atoms with Gasteiger partial charge < -0.3 is 13.9 Å². The van der Waals surface area contributed by atoms with Crippen molar-refractivity contribution in [1.82, 2.24) is 9.55 Å². The highest BCUT2D eigenvalue weighted by molar-refractivity contribution is 6.10. The van der Waals surface area contributed by atoms with Gasteiger partial charge in [0.25, 0.3) is 0 Å². The number of aromatic nitrogens is 2. The predicted octanol–water partition coefficient (Wildman–Crippen LogP) is 12.9. The number of furan rings is 1. The van der Waals surface area contributed by atoms with E-state index in [9.17, 15) is 0 Å². The molecule has 3 heterocycles. The quantitative estimate of drug-likeness (QED) is 0.179. The molecule has 0 aliphatic rings. The minimum atomic E-state index is 0.858. The van der Waals surface area contributed by atoms with Gasteiger partial charge in [0.2, 0.25) is 0 Å². The molecule has 0 fully saturated rings. The zero-order chi connectivity index (χ0) is 33.7. The maximum absolute atomic E-state index is 6.32. The van der Waals surface area contributed by atoms with Gasteiger partial charge in [0.1, 0.15) is 11.2 Å². The van der Waals surface area contributed by atoms with Crippen molar-refractivity contribution >= 4 is 60.8 Å². The molecule has 0 radical (unpaired) electrons. The summed E-state index contributed by atoms with van der Waals surface area (Å²) >= 11 is 0. The number of benzene rings is 7. The lowest BCUT2D eigenvalue weighted by molar-refractivity contribution is 0.669. The maximum atomic E-state index is 6.32. The Morgan fingerprint density at radius 1 is 0.431 bits per heavy atom. The third-order valence-corrected chi connectivity index (χ3v) is 9.88. The summed E-state index contributed by atoms with van der Waals surface area (Å²) in [4.78, 5) is 6.87. The van der Waals surface area contributed by atoms with Crippen LogP contribution in [0.15, 0.2) is 193 Å². The zero-order valence-corrected chi connectivity index (χ0v) is 27.6. The highest BCUT2D eigenvalue weighted by atomic mass is 16.3. The number of rotatable bonds is 6. The van der Waals surface area contributed by atoms with Crippen LogP contribution in [0.3, 0.4) is 0 Å². The molecule has 3 aromatic heterocycles. The third-order valence-electron chi connectivity index (χ3n) is 9.88. The molecule has 0 spiro atoms. The minimum absolute atomic E-state index is 0.858. The summed E-state index contributed by atoms with van der Waals surface area (Å²) in [5, 5.41) is 4.63. The summed E-state index contributed by atoms with van der Waals surface area (Å²) in [6.45, 7) is 0. The Hall–Kier alpha value is -6.91. The van der Waals surface area contributed by atoms with Gasteiger partial charge in [-0.1, -0.05) is 109 Å². The van der Waals surface area contributed by atoms with Crippen LogP contribution in [-0.4, -0.2) is 9.55 Å². The first kappa shape index (κ1) is 29.0. The molecule has 240 valence electrons. The van der Waals surface area contributed by atoms with Crippen LogP contribution in [0.2, 0.25) is 0 Å². The van der Waals surface area contributed by atoms with E-state index < -0.39 is 0 Å². The van der Waals surface area contributed by atoms with E-state index in [1.54, 1.807) is 0 Å². The SMILES string of the molecule is c1ccc(N(c2ccc(-c3cccc(-n4c5ccccc5c5ccccc54)c3)cc2)c2ccc(-c3cncc4c3oc3ccccc34)cc2)cc1. The first-order valence-electron chi connectivity index (χ1n) is 17.2. The van der Waals surface area contributed by atoms with E-state index in [0.29, 0.717) is 0 Å². The van der Waals surface area contributed by atoms with Gasteiger partial charge in [-0.2, -0.15) is 0 Å². The molecule has 0 saturated carbocycles. The van der Waals surface area contributed by atoms with Gasteiger partial charge in [-0.25, -0.2) is 0 Å². The molecule has 4 heteroatoms. The van der Waals surface area contributed by atoms with Gasteiger partial charge in [-0.05, 0) is 83.4 Å². The average Bonchev–Trinajstić information content (AvgIpc) is 3.75. The molecule has 0 bridgehead atoms. The lowest BCUT2D eigenvalue weighted by Crippen LogP contribution is -2.09. The second-order valence-corrected chi connectivity index (χ2v) is 12.8. The topological polar surface area (TPSA) is 34.2 Å². The molecule has 10 rings (SSSR count). The zero-order valence-electron chi connectivity index (χ0n) is 27.6. The number of nitrogens with zero attached hydrogens (tertiary/aromatic N) is 3. The molecule has 0 aliphatic carbocycles. The Kier molecular flexibility index (Phi) is 6.78. The van der Waals surface area contributed by atoms with E-state index in [1.807, 2.05) is 30.6 Å². The standard InChI is InChI=1S/C47H31N3O/c1-2-12-35(13-3-1)49(37-27-23-33(24-28-37)42-30-48-31-43-41-17-6-9-20-46(41)51-47(42)43)36-25-21-32(22-26-36)34-11-10-14-38(29-34)50-44-18-7-4-15-39(44)40-16-5-8-19-45(40)50/h1-31H. The smallest absolute Gasteiger partial charge is 0.146 e. The lowest BCUT2D eigenvalue weighted by atomic mass is 10.0. The normalized spacial score (nSPS) is 11.5. The van der Waals surface area contributed by atoms with Gasteiger partial charge in [-0.3, -0.25) is 4.98 Å². The monoisotopic (exact) mass is 653 g/mol. The van der Waals surface area contributed by atoms with Crippen molar-refractivity contribution in [3.05, 3.63) is 188 Å². The van der Waals surface area contributed by atoms with Gasteiger partial charge in [0, 0.05) is 62.3 Å². The Morgan fingerprint density at radius 2 is 1.02 bits per heavy atom. The summed E-state index contributed by atoms with van der Waals surface area (Å²) in [5.74, 6) is 0. The molecule has 4 nitrogen and oxygen atoms in total. The Labute approximate surface area is 295 Å². The molecule has 7 aromatic carbocycles. The van der Waals surface area contributed by atoms with Crippen LogP contribution in [-0.2, 0) is 0 Å². The molecule has 0 atom stereocenters. The number of fused-ring (bicyclic) bond motifs is 6. The number of hydrogen-bond donors (Lipinski definition) is 0. The summed E-state index contributed by atoms with van der Waals surface area (Å²) < 4.78 is 8.69. The Balaban J connectivity index is 1.01. The van der Waals surface area contributed by atoms with E-state index in [0.717, 1.165) is 61.4 Å². The van der Waals surface area contributed by atoms with Gasteiger partial charge in [0.15, 0.2) is 0 Å². The van der Waals surface area contributed by atoms with Crippen LogP contribution in [0, 0.1) is 0 Å². The first-order valence-corrected chi connectivity index (χ1v) is 17.2. The fourth-order valence-corrected chi connectivity index (χ4v) is 7.49. The maximum Gasteiger partial charge on any atom is 0.146 e. The average molecular weight is 654 g/mol. The van der Waals surface area contributed by atoms with Crippen molar-refractivity contribution in [2.24, 2.45) is 0 Å². The second-order valence-electron chi connectivity index (χ2n) is 12.8. The molecular weight excluding hydrogens is 623 g/mol. The molecule has 0 N–H and O–H groups in total. The van der Waals surface area contributed by atoms with Gasteiger partial charge >= 0.3 is 0 Å². The summed E-state index contributed by atoms with van der Waals surface area (Å²) in [6.07, 6.45) is 3.78. The van der Waals surface area contributed by atoms with Crippen molar-refractivity contribution in [2.75, 3.05) is 4.90 Å². The molecule has 0 saturated heterocycles. The highest BCUT2D eigenvalue weighted by Gasteiger charge is 2.16. The fourth-order valence-electron chi connectivity index (χ4n) is 7.49. The number of para-hydroxylation sites is 4. The van der Waals surface area contributed by atoms with E-state index in [1.165, 1.54) is 27.4 Å². The van der Waals surface area contributed by atoms with Crippen LogP contribution < -0.4 is 4.90 Å². The van der Waals surface area contributed by atoms with Crippen molar-refractivity contribution < 1.29 is 4.42 Å². The Morgan fingerprint density at radius 3 is 1.73 bits per heavy atom. The van der Waals surface area contributed by atoms with Crippen molar-refractivity contribution in [3.63, 3.8) is 0 Å². The van der Waals surface area contributed by atoms with Gasteiger partial charge in [-0.15, -0.1) is 0 Å². The summed E-state index contributed by atoms with van der Waals surface area (Å²) in [5.41, 5.74) is 12.9. The van der Waals surface area contributed by atoms with Crippen LogP contribution in [0.1, 0.15) is 0 Å². The molecule has 51 heavy (non-hydrogen) atoms. The summed E-state index contributed by atoms with van der Waals surface area (Å²) in [7, 11) is 0. The predicted molar refractivity (Wildman–Crippen MR) is 211 cm³/mol. The highest BCUT2D eigenvalue weighted by Crippen LogP contribution is 2.39. The van der Waals surface area contributed by atoms with Crippen LogP contribution in [0.25, 0.3) is 71.7 Å². The molecule has 10 aromatic rings. The fraction of sp³-hybridized carbons (Fsp3) is 0. The van der Waals surface area contributed by atoms with E-state index >= 15 is 0 Å². The summed E-state index contributed by atoms with van der Waals surface area (Å²) in [6, 6.07) is 62.3. The minimum Gasteiger partial charge on any atom is -0.455 e. The number of pyridine rings is 1. The second kappa shape index (κ2) is 11.9. The van der Waals surface area contributed by atoms with Crippen LogP contribution >= 0.6 is 0 Å². The lowest BCUT2D eigenvalue weighted by Gasteiger charge is -2.26. The Bertz CT molecular complexity index is 2800. The molecular formula is C47H31N3O. The molecule has 0 unspecified atom stereocenters. The van der Waals surface area contributed by atoms with Crippen LogP contribution in [0.4, 0.5) is 17.1 Å². The van der Waals surface area contributed by atoms with Gasteiger partial charge in [0.05, 0.1) is 11.0 Å². The molecule has 0 aliphatic heterocycles. The van der Waals surface area contributed by atoms with Crippen molar-refractivity contribution in [2.45, 2.75) is 0 Å². The number of hydrogen-bond acceptors (Lipinski definition) is 3. The largest absolute Gasteiger partial charge is 0.455 e.